The number of nitrogens with zero attached hydrogens (tertiary/aromatic N) is 2. The van der Waals surface area contributed by atoms with Crippen LogP contribution in [0.2, 0.25) is 0 Å². The molecule has 1 aromatic heterocycles. The summed E-state index contributed by atoms with van der Waals surface area (Å²) in [4.78, 5) is 12.0. The standard InChI is InChI=1S/C17H20N4O2/c22-16(7-6-13-8-10-18-12-13)20-14-3-1-4-15(11-14)23-17-5-2-9-19-21-17/h1-5,9,11,13,18H,6-8,10,12H2,(H,20,22). The van der Waals surface area contributed by atoms with Crippen molar-refractivity contribution in [3.05, 3.63) is 42.6 Å². The molecule has 1 aliphatic rings. The molecule has 0 saturated carbocycles. The summed E-state index contributed by atoms with van der Waals surface area (Å²) in [5.74, 6) is 1.69. The van der Waals surface area contributed by atoms with Crippen molar-refractivity contribution >= 4 is 11.6 Å². The molecule has 1 fully saturated rings. The molecular weight excluding hydrogens is 292 g/mol. The van der Waals surface area contributed by atoms with Gasteiger partial charge < -0.3 is 15.4 Å². The van der Waals surface area contributed by atoms with E-state index in [0.717, 1.165) is 31.6 Å². The number of benzene rings is 1. The van der Waals surface area contributed by atoms with Gasteiger partial charge in [-0.05, 0) is 50.0 Å². The first kappa shape index (κ1) is 15.4. The molecule has 0 radical (unpaired) electrons. The summed E-state index contributed by atoms with van der Waals surface area (Å²) in [6, 6.07) is 10.8. The van der Waals surface area contributed by atoms with Gasteiger partial charge in [-0.3, -0.25) is 4.79 Å². The second kappa shape index (κ2) is 7.69. The van der Waals surface area contributed by atoms with Crippen molar-refractivity contribution in [2.45, 2.75) is 19.3 Å². The van der Waals surface area contributed by atoms with Crippen LogP contribution in [0.15, 0.2) is 42.6 Å². The van der Waals surface area contributed by atoms with E-state index < -0.39 is 0 Å². The van der Waals surface area contributed by atoms with E-state index in [4.69, 9.17) is 4.74 Å². The molecule has 2 heterocycles. The molecule has 2 N–H and O–H groups in total. The monoisotopic (exact) mass is 312 g/mol. The number of carbonyl (C=O) groups is 1. The van der Waals surface area contributed by atoms with Gasteiger partial charge in [0.25, 0.3) is 0 Å². The Hall–Kier alpha value is -2.47. The van der Waals surface area contributed by atoms with Gasteiger partial charge in [-0.2, -0.15) is 5.10 Å². The normalized spacial score (nSPS) is 17.0. The summed E-state index contributed by atoms with van der Waals surface area (Å²) < 4.78 is 5.61. The number of ether oxygens (including phenoxy) is 1. The van der Waals surface area contributed by atoms with Gasteiger partial charge in [0.15, 0.2) is 0 Å². The summed E-state index contributed by atoms with van der Waals surface area (Å²) in [5, 5.41) is 13.9. The van der Waals surface area contributed by atoms with Crippen LogP contribution in [-0.2, 0) is 4.79 Å². The molecule has 120 valence electrons. The van der Waals surface area contributed by atoms with Crippen LogP contribution in [0.25, 0.3) is 0 Å². The number of nitrogens with one attached hydrogen (secondary N) is 2. The van der Waals surface area contributed by atoms with Gasteiger partial charge in [0, 0.05) is 30.4 Å². The van der Waals surface area contributed by atoms with Gasteiger partial charge in [-0.1, -0.05) is 6.07 Å². The average Bonchev–Trinajstić information content (AvgIpc) is 3.08. The number of aromatic nitrogens is 2. The van der Waals surface area contributed by atoms with Crippen molar-refractivity contribution in [3.63, 3.8) is 0 Å². The van der Waals surface area contributed by atoms with E-state index >= 15 is 0 Å². The van der Waals surface area contributed by atoms with E-state index in [1.54, 1.807) is 24.4 Å². The van der Waals surface area contributed by atoms with Gasteiger partial charge in [0.1, 0.15) is 5.75 Å². The van der Waals surface area contributed by atoms with Crippen molar-refractivity contribution in [2.75, 3.05) is 18.4 Å². The summed E-state index contributed by atoms with van der Waals surface area (Å²) in [7, 11) is 0. The maximum absolute atomic E-state index is 12.0. The molecular formula is C17H20N4O2. The van der Waals surface area contributed by atoms with Crippen LogP contribution in [0.4, 0.5) is 5.69 Å². The van der Waals surface area contributed by atoms with E-state index in [0.29, 0.717) is 24.0 Å². The van der Waals surface area contributed by atoms with Gasteiger partial charge in [0.05, 0.1) is 0 Å². The minimum atomic E-state index is 0.0357. The number of rotatable bonds is 6. The maximum Gasteiger partial charge on any atom is 0.238 e. The highest BCUT2D eigenvalue weighted by Crippen LogP contribution is 2.22. The topological polar surface area (TPSA) is 76.1 Å². The first-order valence-electron chi connectivity index (χ1n) is 7.86. The number of carbonyl (C=O) groups excluding carboxylic acids is 1. The molecule has 6 nitrogen and oxygen atoms in total. The summed E-state index contributed by atoms with van der Waals surface area (Å²) in [6.45, 7) is 2.09. The lowest BCUT2D eigenvalue weighted by Gasteiger charge is -2.10. The Kier molecular flexibility index (Phi) is 5.16. The van der Waals surface area contributed by atoms with Crippen molar-refractivity contribution in [3.8, 4) is 11.6 Å². The Balaban J connectivity index is 1.53. The Labute approximate surface area is 135 Å². The first-order chi connectivity index (χ1) is 11.3. The third-order valence-electron chi connectivity index (χ3n) is 3.83. The maximum atomic E-state index is 12.0. The van der Waals surface area contributed by atoms with Crippen molar-refractivity contribution in [1.29, 1.82) is 0 Å². The van der Waals surface area contributed by atoms with E-state index in [2.05, 4.69) is 20.8 Å². The average molecular weight is 312 g/mol. The Morgan fingerprint density at radius 2 is 2.30 bits per heavy atom. The molecule has 23 heavy (non-hydrogen) atoms. The second-order valence-electron chi connectivity index (χ2n) is 5.64. The second-order valence-corrected chi connectivity index (χ2v) is 5.64. The fraction of sp³-hybridized carbons (Fsp3) is 0.353. The quantitative estimate of drug-likeness (QED) is 0.857. The zero-order chi connectivity index (χ0) is 15.9. The summed E-state index contributed by atoms with van der Waals surface area (Å²) in [6.07, 6.45) is 4.22. The SMILES string of the molecule is O=C(CCC1CCNC1)Nc1cccc(Oc2cccnn2)c1. The fourth-order valence-electron chi connectivity index (χ4n) is 2.62. The molecule has 3 rings (SSSR count). The number of amides is 1. The van der Waals surface area contributed by atoms with Crippen LogP contribution >= 0.6 is 0 Å². The zero-order valence-corrected chi connectivity index (χ0v) is 12.9. The third kappa shape index (κ3) is 4.75. The van der Waals surface area contributed by atoms with Crippen LogP contribution in [-0.4, -0.2) is 29.2 Å². The molecule has 1 aliphatic heterocycles. The first-order valence-corrected chi connectivity index (χ1v) is 7.86. The van der Waals surface area contributed by atoms with E-state index in [-0.39, 0.29) is 5.91 Å². The minimum absolute atomic E-state index is 0.0357. The van der Waals surface area contributed by atoms with E-state index in [9.17, 15) is 4.79 Å². The highest BCUT2D eigenvalue weighted by Gasteiger charge is 2.15. The molecule has 0 aliphatic carbocycles. The Bertz CT molecular complexity index is 642. The lowest BCUT2D eigenvalue weighted by Crippen LogP contribution is -2.15. The van der Waals surface area contributed by atoms with Crippen LogP contribution in [0, 0.1) is 5.92 Å². The van der Waals surface area contributed by atoms with Gasteiger partial charge >= 0.3 is 0 Å². The minimum Gasteiger partial charge on any atom is -0.437 e. The lowest BCUT2D eigenvalue weighted by atomic mass is 10.0. The number of hydrogen-bond acceptors (Lipinski definition) is 5. The predicted molar refractivity (Wildman–Crippen MR) is 87.4 cm³/mol. The largest absolute Gasteiger partial charge is 0.437 e. The van der Waals surface area contributed by atoms with Gasteiger partial charge in [-0.15, -0.1) is 5.10 Å². The molecule has 1 saturated heterocycles. The van der Waals surface area contributed by atoms with Crippen molar-refractivity contribution in [2.24, 2.45) is 5.92 Å². The van der Waals surface area contributed by atoms with Crippen LogP contribution < -0.4 is 15.4 Å². The fourth-order valence-corrected chi connectivity index (χ4v) is 2.62. The van der Waals surface area contributed by atoms with Crippen molar-refractivity contribution < 1.29 is 9.53 Å². The zero-order valence-electron chi connectivity index (χ0n) is 12.9. The molecule has 6 heteroatoms. The molecule has 1 unspecified atom stereocenters. The van der Waals surface area contributed by atoms with Gasteiger partial charge in [0.2, 0.25) is 11.8 Å². The van der Waals surface area contributed by atoms with Crippen LogP contribution in [0.5, 0.6) is 11.6 Å². The van der Waals surface area contributed by atoms with Crippen molar-refractivity contribution in [1.82, 2.24) is 15.5 Å². The predicted octanol–water partition coefficient (Wildman–Crippen LogP) is 2.60. The highest BCUT2D eigenvalue weighted by atomic mass is 16.5. The smallest absolute Gasteiger partial charge is 0.238 e. The number of anilines is 1. The van der Waals surface area contributed by atoms with Crippen LogP contribution in [0.1, 0.15) is 19.3 Å². The Morgan fingerprint density at radius 3 is 3.09 bits per heavy atom. The highest BCUT2D eigenvalue weighted by molar-refractivity contribution is 5.90. The third-order valence-corrected chi connectivity index (χ3v) is 3.83. The van der Waals surface area contributed by atoms with Crippen LogP contribution in [0.3, 0.4) is 0 Å². The molecule has 1 aromatic carbocycles. The number of hydrogen-bond donors (Lipinski definition) is 2. The summed E-state index contributed by atoms with van der Waals surface area (Å²) >= 11 is 0. The van der Waals surface area contributed by atoms with E-state index in [1.165, 1.54) is 0 Å². The molecule has 0 spiro atoms. The molecule has 2 aromatic rings. The molecule has 1 amide bonds. The Morgan fingerprint density at radius 1 is 1.35 bits per heavy atom. The summed E-state index contributed by atoms with van der Waals surface area (Å²) in [5.41, 5.74) is 0.723. The van der Waals surface area contributed by atoms with E-state index in [1.807, 2.05) is 18.2 Å². The molecule has 1 atom stereocenters. The van der Waals surface area contributed by atoms with Gasteiger partial charge in [-0.25, -0.2) is 0 Å². The molecule has 0 bridgehead atoms. The lowest BCUT2D eigenvalue weighted by molar-refractivity contribution is -0.116.